The first-order valence-corrected chi connectivity index (χ1v) is 15.4. The van der Waals surface area contributed by atoms with Gasteiger partial charge in [-0.2, -0.15) is 0 Å². The average molecular weight is 554 g/mol. The Morgan fingerprint density at radius 1 is 0.974 bits per heavy atom. The Morgan fingerprint density at radius 3 is 2.28 bits per heavy atom. The van der Waals surface area contributed by atoms with Crippen LogP contribution in [0.3, 0.4) is 0 Å². The number of rotatable bonds is 10. The molecule has 1 aliphatic rings. The van der Waals surface area contributed by atoms with Crippen molar-refractivity contribution >= 4 is 50.7 Å². The second kappa shape index (κ2) is 12.8. The molecule has 7 heteroatoms. The second-order valence-electron chi connectivity index (χ2n) is 9.31. The molecular weight excluding hydrogens is 523 g/mol. The van der Waals surface area contributed by atoms with Gasteiger partial charge in [0.2, 0.25) is 9.84 Å². The number of benzene rings is 2. The van der Waals surface area contributed by atoms with Gasteiger partial charge >= 0.3 is 0 Å². The Hall–Kier alpha value is -3.91. The summed E-state index contributed by atoms with van der Waals surface area (Å²) >= 11 is 1.45. The molecule has 39 heavy (non-hydrogen) atoms. The molecule has 0 saturated heterocycles. The number of thiophene rings is 1. The van der Waals surface area contributed by atoms with Gasteiger partial charge in [0, 0.05) is 34.1 Å². The number of fused-ring (bicyclic) bond motifs is 1. The fraction of sp³-hybridized carbons (Fsp3) is 0.250. The van der Waals surface area contributed by atoms with Crippen molar-refractivity contribution in [3.63, 3.8) is 0 Å². The van der Waals surface area contributed by atoms with E-state index in [-0.39, 0.29) is 21.1 Å². The van der Waals surface area contributed by atoms with E-state index in [9.17, 15) is 13.7 Å². The van der Waals surface area contributed by atoms with Crippen LogP contribution in [0.25, 0.3) is 28.6 Å². The minimum Gasteiger partial charge on any atom is -0.372 e. The first kappa shape index (κ1) is 28.1. The summed E-state index contributed by atoms with van der Waals surface area (Å²) in [7, 11) is -3.83. The molecule has 1 aromatic heterocycles. The Kier molecular flexibility index (Phi) is 9.19. The van der Waals surface area contributed by atoms with Crippen molar-refractivity contribution in [2.45, 2.75) is 44.4 Å². The Labute approximate surface area is 235 Å². The highest BCUT2D eigenvalue weighted by atomic mass is 32.2. The van der Waals surface area contributed by atoms with E-state index in [1.165, 1.54) is 48.8 Å². The molecule has 0 aliphatic carbocycles. The van der Waals surface area contributed by atoms with E-state index < -0.39 is 9.84 Å². The molecule has 0 atom stereocenters. The van der Waals surface area contributed by atoms with E-state index >= 15 is 0 Å². The quantitative estimate of drug-likeness (QED) is 0.187. The van der Waals surface area contributed by atoms with Gasteiger partial charge in [0.25, 0.3) is 5.70 Å². The predicted molar refractivity (Wildman–Crippen MR) is 162 cm³/mol. The maximum atomic E-state index is 13.3. The van der Waals surface area contributed by atoms with Gasteiger partial charge < -0.3 is 4.90 Å². The van der Waals surface area contributed by atoms with Crippen molar-refractivity contribution in [2.75, 3.05) is 18.0 Å². The number of hydrogen-bond acceptors (Lipinski definition) is 5. The van der Waals surface area contributed by atoms with Gasteiger partial charge in [-0.25, -0.2) is 18.5 Å². The molecule has 5 nitrogen and oxygen atoms in total. The highest BCUT2D eigenvalue weighted by Gasteiger charge is 2.37. The number of allylic oxidation sites excluding steroid dienone is 2. The zero-order valence-electron chi connectivity index (χ0n) is 22.2. The third-order valence-electron chi connectivity index (χ3n) is 6.62. The zero-order chi connectivity index (χ0) is 27.8. The Morgan fingerprint density at radius 2 is 1.64 bits per heavy atom. The van der Waals surface area contributed by atoms with E-state index in [0.29, 0.717) is 5.56 Å². The highest BCUT2D eigenvalue weighted by molar-refractivity contribution is 7.96. The molecule has 0 spiro atoms. The second-order valence-corrected chi connectivity index (χ2v) is 12.3. The SMILES string of the molecule is [C-]#[N+]C(C#N)=C1C(=Cc2ccc(C=Cc3ccc(N(CCCC)CCCC)cc3)s2)S(=O)(=O)c2ccccc21. The van der Waals surface area contributed by atoms with Crippen LogP contribution in [0.2, 0.25) is 0 Å². The van der Waals surface area contributed by atoms with Crippen molar-refractivity contribution < 1.29 is 8.42 Å². The predicted octanol–water partition coefficient (Wildman–Crippen LogP) is 8.31. The fourth-order valence-electron chi connectivity index (χ4n) is 4.53. The van der Waals surface area contributed by atoms with Crippen molar-refractivity contribution in [3.05, 3.63) is 104 Å². The van der Waals surface area contributed by atoms with Crippen LogP contribution in [-0.2, 0) is 9.84 Å². The van der Waals surface area contributed by atoms with Crippen LogP contribution in [0.5, 0.6) is 0 Å². The number of nitriles is 1. The molecule has 0 amide bonds. The van der Waals surface area contributed by atoms with Crippen LogP contribution in [0.4, 0.5) is 5.69 Å². The summed E-state index contributed by atoms with van der Waals surface area (Å²) in [6.07, 6.45) is 10.4. The van der Waals surface area contributed by atoms with Gasteiger partial charge in [0.1, 0.15) is 0 Å². The number of sulfone groups is 1. The van der Waals surface area contributed by atoms with Crippen LogP contribution >= 0.6 is 11.3 Å². The highest BCUT2D eigenvalue weighted by Crippen LogP contribution is 2.46. The largest absolute Gasteiger partial charge is 0.372 e. The summed E-state index contributed by atoms with van der Waals surface area (Å²) < 4.78 is 26.6. The number of unbranched alkanes of at least 4 members (excludes halogenated alkanes) is 2. The number of nitrogens with zero attached hydrogens (tertiary/aromatic N) is 3. The van der Waals surface area contributed by atoms with Crippen LogP contribution in [-0.4, -0.2) is 21.5 Å². The Balaban J connectivity index is 1.57. The lowest BCUT2D eigenvalue weighted by molar-refractivity contribution is 0.604. The lowest BCUT2D eigenvalue weighted by Crippen LogP contribution is -2.25. The smallest absolute Gasteiger partial charge is 0.270 e. The Bertz CT molecular complexity index is 1590. The molecule has 0 bridgehead atoms. The summed E-state index contributed by atoms with van der Waals surface area (Å²) in [4.78, 5) is 7.61. The van der Waals surface area contributed by atoms with Crippen LogP contribution in [0, 0.1) is 17.9 Å². The summed E-state index contributed by atoms with van der Waals surface area (Å²) in [6, 6.07) is 20.8. The van der Waals surface area contributed by atoms with Crippen LogP contribution < -0.4 is 4.90 Å². The van der Waals surface area contributed by atoms with Crippen molar-refractivity contribution in [2.24, 2.45) is 0 Å². The molecule has 4 rings (SSSR count). The molecule has 0 unspecified atom stereocenters. The summed E-state index contributed by atoms with van der Waals surface area (Å²) in [5.41, 5.74) is 2.70. The van der Waals surface area contributed by atoms with E-state index in [2.05, 4.69) is 53.9 Å². The summed E-state index contributed by atoms with van der Waals surface area (Å²) in [5.74, 6) is 0. The van der Waals surface area contributed by atoms with E-state index in [1.54, 1.807) is 24.3 Å². The number of anilines is 1. The fourth-order valence-corrected chi connectivity index (χ4v) is 7.17. The molecule has 0 fully saturated rings. The molecule has 0 radical (unpaired) electrons. The molecular formula is C32H31N3O2S2. The molecule has 1 aliphatic heterocycles. The third-order valence-corrected chi connectivity index (χ3v) is 9.45. The summed E-state index contributed by atoms with van der Waals surface area (Å²) in [6.45, 7) is 14.0. The van der Waals surface area contributed by atoms with Crippen LogP contribution in [0.15, 0.2) is 76.2 Å². The lowest BCUT2D eigenvalue weighted by Gasteiger charge is -2.24. The lowest BCUT2D eigenvalue weighted by atomic mass is 10.0. The first-order chi connectivity index (χ1) is 18.9. The zero-order valence-corrected chi connectivity index (χ0v) is 23.9. The minimum atomic E-state index is -3.83. The maximum Gasteiger partial charge on any atom is 0.270 e. The third kappa shape index (κ3) is 6.23. The van der Waals surface area contributed by atoms with Gasteiger partial charge in [-0.05, 0) is 66.5 Å². The molecule has 2 heterocycles. The van der Waals surface area contributed by atoms with Gasteiger partial charge in [-0.3, -0.25) is 0 Å². The molecule has 2 aromatic carbocycles. The molecule has 0 saturated carbocycles. The topological polar surface area (TPSA) is 65.5 Å². The molecule has 0 N–H and O–H groups in total. The van der Waals surface area contributed by atoms with Crippen LogP contribution in [0.1, 0.15) is 60.4 Å². The number of hydrogen-bond donors (Lipinski definition) is 0. The van der Waals surface area contributed by atoms with Gasteiger partial charge in [0.05, 0.1) is 22.4 Å². The van der Waals surface area contributed by atoms with Crippen molar-refractivity contribution in [3.8, 4) is 6.07 Å². The standard InChI is InChI=1S/C32H31N3O2S2/c1-4-6-20-35(21-7-5-2)25-15-12-24(13-16-25)14-17-26-18-19-27(38-26)22-31-32(29(23-33)34-3)28-10-8-9-11-30(28)39(31,36)37/h8-19,22H,4-7,20-21H2,1-2H3. The maximum absolute atomic E-state index is 13.3. The molecule has 3 aromatic rings. The van der Waals surface area contributed by atoms with Gasteiger partial charge in [-0.1, -0.05) is 63.1 Å². The normalized spacial score (nSPS) is 16.2. The van der Waals surface area contributed by atoms with Crippen molar-refractivity contribution in [1.82, 2.24) is 0 Å². The monoisotopic (exact) mass is 553 g/mol. The molecule has 198 valence electrons. The van der Waals surface area contributed by atoms with Crippen molar-refractivity contribution in [1.29, 1.82) is 5.26 Å². The van der Waals surface area contributed by atoms with Gasteiger partial charge in [-0.15, -0.1) is 11.3 Å². The van der Waals surface area contributed by atoms with Gasteiger partial charge in [0.15, 0.2) is 0 Å². The van der Waals surface area contributed by atoms with E-state index in [4.69, 9.17) is 6.57 Å². The van der Waals surface area contributed by atoms with E-state index in [0.717, 1.165) is 28.4 Å². The summed E-state index contributed by atoms with van der Waals surface area (Å²) in [5, 5.41) is 9.52. The van der Waals surface area contributed by atoms with E-state index in [1.807, 2.05) is 24.3 Å². The first-order valence-electron chi connectivity index (χ1n) is 13.1. The average Bonchev–Trinajstić information content (AvgIpc) is 3.49. The minimum absolute atomic E-state index is 0.0000754.